The summed E-state index contributed by atoms with van der Waals surface area (Å²) in [6, 6.07) is 9.13. The average molecular weight is 387 g/mol. The fourth-order valence-electron chi connectivity index (χ4n) is 2.36. The molecule has 2 amide bonds. The van der Waals surface area contributed by atoms with Crippen molar-refractivity contribution in [2.75, 3.05) is 20.2 Å². The summed E-state index contributed by atoms with van der Waals surface area (Å²) in [4.78, 5) is 41.6. The van der Waals surface area contributed by atoms with Gasteiger partial charge in [-0.25, -0.2) is 9.78 Å². The van der Waals surface area contributed by atoms with Crippen LogP contribution in [-0.4, -0.2) is 53.4 Å². The first-order chi connectivity index (χ1) is 13.1. The molecule has 1 aromatic heterocycles. The van der Waals surface area contributed by atoms with Gasteiger partial charge in [0.25, 0.3) is 5.91 Å². The van der Waals surface area contributed by atoms with E-state index >= 15 is 0 Å². The van der Waals surface area contributed by atoms with E-state index in [1.165, 1.54) is 11.9 Å². The first-order valence-corrected chi connectivity index (χ1v) is 8.82. The van der Waals surface area contributed by atoms with Gasteiger partial charge in [-0.2, -0.15) is 0 Å². The zero-order valence-corrected chi connectivity index (χ0v) is 16.7. The molecule has 0 spiro atoms. The second-order valence-electron chi connectivity index (χ2n) is 7.41. The van der Waals surface area contributed by atoms with Gasteiger partial charge in [0, 0.05) is 18.2 Å². The van der Waals surface area contributed by atoms with Gasteiger partial charge in [0.05, 0.1) is 6.54 Å². The molecular formula is C20H25N3O5. The molecule has 2 rings (SSSR count). The molecule has 1 N–H and O–H groups in total. The number of oxazole rings is 1. The maximum Gasteiger partial charge on any atom is 0.361 e. The minimum Gasteiger partial charge on any atom is -0.451 e. The zero-order valence-electron chi connectivity index (χ0n) is 16.7. The van der Waals surface area contributed by atoms with Crippen LogP contribution in [0, 0.1) is 6.92 Å². The van der Waals surface area contributed by atoms with E-state index in [1.807, 2.05) is 51.1 Å². The lowest BCUT2D eigenvalue weighted by Crippen LogP contribution is -2.46. The van der Waals surface area contributed by atoms with Crippen molar-refractivity contribution in [3.05, 3.63) is 41.8 Å². The Morgan fingerprint density at radius 2 is 1.82 bits per heavy atom. The highest BCUT2D eigenvalue weighted by atomic mass is 16.5. The van der Waals surface area contributed by atoms with Crippen molar-refractivity contribution in [2.24, 2.45) is 0 Å². The molecule has 0 unspecified atom stereocenters. The summed E-state index contributed by atoms with van der Waals surface area (Å²) in [5, 5.41) is 2.76. The number of aromatic nitrogens is 1. The van der Waals surface area contributed by atoms with Crippen molar-refractivity contribution < 1.29 is 23.5 Å². The van der Waals surface area contributed by atoms with Gasteiger partial charge < -0.3 is 19.4 Å². The number of aryl methyl sites for hydroxylation is 1. The normalized spacial score (nSPS) is 11.0. The monoisotopic (exact) mass is 387 g/mol. The summed E-state index contributed by atoms with van der Waals surface area (Å²) >= 11 is 0. The number of rotatable bonds is 6. The SMILES string of the molecule is Cc1oc(-c2ccccc2)nc1C(=O)OCC(=O)N(C)CC(=O)NC(C)(C)C. The number of amides is 2. The molecule has 8 heteroatoms. The third-order valence-corrected chi connectivity index (χ3v) is 3.66. The van der Waals surface area contributed by atoms with Crippen LogP contribution < -0.4 is 5.32 Å². The van der Waals surface area contributed by atoms with Crippen molar-refractivity contribution in [1.29, 1.82) is 0 Å². The van der Waals surface area contributed by atoms with Crippen LogP contribution in [0.5, 0.6) is 0 Å². The molecule has 0 radical (unpaired) electrons. The van der Waals surface area contributed by atoms with Crippen molar-refractivity contribution >= 4 is 17.8 Å². The largest absolute Gasteiger partial charge is 0.451 e. The molecule has 28 heavy (non-hydrogen) atoms. The highest BCUT2D eigenvalue weighted by Gasteiger charge is 2.22. The van der Waals surface area contributed by atoms with Crippen LogP contribution in [0.25, 0.3) is 11.5 Å². The molecule has 0 aliphatic rings. The Kier molecular flexibility index (Phi) is 6.56. The highest BCUT2D eigenvalue weighted by molar-refractivity contribution is 5.91. The Labute approximate surface area is 163 Å². The number of ether oxygens (including phenoxy) is 1. The molecule has 0 aliphatic carbocycles. The molecule has 8 nitrogen and oxygen atoms in total. The number of likely N-dealkylation sites (N-methyl/N-ethyl adjacent to an activating group) is 1. The number of hydrogen-bond donors (Lipinski definition) is 1. The quantitative estimate of drug-likeness (QED) is 0.763. The number of nitrogens with one attached hydrogen (secondary N) is 1. The average Bonchev–Trinajstić information content (AvgIpc) is 3.00. The molecule has 150 valence electrons. The molecule has 0 bridgehead atoms. The van der Waals surface area contributed by atoms with Gasteiger partial charge in [-0.3, -0.25) is 9.59 Å². The van der Waals surface area contributed by atoms with Crippen LogP contribution in [0.2, 0.25) is 0 Å². The lowest BCUT2D eigenvalue weighted by atomic mass is 10.1. The smallest absolute Gasteiger partial charge is 0.361 e. The minimum atomic E-state index is -0.760. The Morgan fingerprint density at radius 1 is 1.18 bits per heavy atom. The summed E-state index contributed by atoms with van der Waals surface area (Å²) in [6.07, 6.45) is 0. The standard InChI is InChI=1S/C20H25N3O5/c1-13-17(21-18(28-13)14-9-7-6-8-10-14)19(26)27-12-16(25)23(5)11-15(24)22-20(2,3)4/h6-10H,11-12H2,1-5H3,(H,22,24). The Hall–Kier alpha value is -3.16. The second-order valence-corrected chi connectivity index (χ2v) is 7.41. The van der Waals surface area contributed by atoms with Crippen molar-refractivity contribution in [3.8, 4) is 11.5 Å². The van der Waals surface area contributed by atoms with Crippen molar-refractivity contribution in [2.45, 2.75) is 33.2 Å². The van der Waals surface area contributed by atoms with Gasteiger partial charge in [0.2, 0.25) is 11.8 Å². The molecule has 0 saturated heterocycles. The van der Waals surface area contributed by atoms with Crippen LogP contribution in [0.4, 0.5) is 0 Å². The molecule has 1 heterocycles. The van der Waals surface area contributed by atoms with Crippen LogP contribution >= 0.6 is 0 Å². The van der Waals surface area contributed by atoms with Crippen LogP contribution in [-0.2, 0) is 14.3 Å². The number of carbonyl (C=O) groups excluding carboxylic acids is 3. The first-order valence-electron chi connectivity index (χ1n) is 8.82. The topological polar surface area (TPSA) is 102 Å². The highest BCUT2D eigenvalue weighted by Crippen LogP contribution is 2.21. The van der Waals surface area contributed by atoms with E-state index in [0.29, 0.717) is 11.7 Å². The molecule has 0 fully saturated rings. The van der Waals surface area contributed by atoms with Crippen molar-refractivity contribution in [3.63, 3.8) is 0 Å². The fraction of sp³-hybridized carbons (Fsp3) is 0.400. The molecule has 0 atom stereocenters. The molecule has 1 aromatic carbocycles. The van der Waals surface area contributed by atoms with E-state index in [0.717, 1.165) is 5.56 Å². The summed E-state index contributed by atoms with van der Waals surface area (Å²) in [6.45, 7) is 6.51. The second kappa shape index (κ2) is 8.69. The Bertz CT molecular complexity index is 852. The van der Waals surface area contributed by atoms with Gasteiger partial charge in [-0.05, 0) is 39.8 Å². The fourth-order valence-corrected chi connectivity index (χ4v) is 2.36. The van der Waals surface area contributed by atoms with Gasteiger partial charge in [-0.15, -0.1) is 0 Å². The van der Waals surface area contributed by atoms with E-state index < -0.39 is 24.0 Å². The number of nitrogens with zero attached hydrogens (tertiary/aromatic N) is 2. The lowest BCUT2D eigenvalue weighted by Gasteiger charge is -2.23. The predicted octanol–water partition coefficient (Wildman–Crippen LogP) is 2.18. The maximum absolute atomic E-state index is 12.3. The van der Waals surface area contributed by atoms with Gasteiger partial charge in [0.15, 0.2) is 12.3 Å². The summed E-state index contributed by atoms with van der Waals surface area (Å²) < 4.78 is 10.6. The van der Waals surface area contributed by atoms with Gasteiger partial charge in [0.1, 0.15) is 5.76 Å². The minimum absolute atomic E-state index is 0.0137. The summed E-state index contributed by atoms with van der Waals surface area (Å²) in [5.74, 6) is -0.956. The number of carbonyl (C=O) groups is 3. The van der Waals surface area contributed by atoms with Crippen LogP contribution in [0.15, 0.2) is 34.7 Å². The first kappa shape index (κ1) is 21.1. The summed E-state index contributed by atoms with van der Waals surface area (Å²) in [5.41, 5.74) is 0.346. The molecular weight excluding hydrogens is 362 g/mol. The van der Waals surface area contributed by atoms with Gasteiger partial charge in [-0.1, -0.05) is 18.2 Å². The third-order valence-electron chi connectivity index (χ3n) is 3.66. The zero-order chi connectivity index (χ0) is 20.9. The van der Waals surface area contributed by atoms with Crippen LogP contribution in [0.1, 0.15) is 37.0 Å². The number of benzene rings is 1. The Morgan fingerprint density at radius 3 is 2.43 bits per heavy atom. The van der Waals surface area contributed by atoms with E-state index in [9.17, 15) is 14.4 Å². The third kappa shape index (κ3) is 5.94. The number of esters is 1. The van der Waals surface area contributed by atoms with Crippen molar-refractivity contribution in [1.82, 2.24) is 15.2 Å². The maximum atomic E-state index is 12.3. The predicted molar refractivity (Wildman–Crippen MR) is 102 cm³/mol. The molecule has 0 aliphatic heterocycles. The number of hydrogen-bond acceptors (Lipinski definition) is 6. The molecule has 2 aromatic rings. The van der Waals surface area contributed by atoms with E-state index in [1.54, 1.807) is 6.92 Å². The summed E-state index contributed by atoms with van der Waals surface area (Å²) in [7, 11) is 1.47. The van der Waals surface area contributed by atoms with Gasteiger partial charge >= 0.3 is 5.97 Å². The Balaban J connectivity index is 1.92. The molecule has 0 saturated carbocycles. The van der Waals surface area contributed by atoms with E-state index in [4.69, 9.17) is 9.15 Å². The lowest BCUT2D eigenvalue weighted by molar-refractivity contribution is -0.137. The van der Waals surface area contributed by atoms with Crippen LogP contribution in [0.3, 0.4) is 0 Å². The van der Waals surface area contributed by atoms with E-state index in [-0.39, 0.29) is 18.1 Å². The van der Waals surface area contributed by atoms with E-state index in [2.05, 4.69) is 10.3 Å².